The monoisotopic (exact) mass is 327 g/mol. The molecule has 0 saturated heterocycles. The summed E-state index contributed by atoms with van der Waals surface area (Å²) in [7, 11) is 0. The lowest BCUT2D eigenvalue weighted by Gasteiger charge is -2.10. The molecule has 0 heterocycles. The van der Waals surface area contributed by atoms with Crippen LogP contribution < -0.4 is 5.32 Å². The molecule has 2 rings (SSSR count). The molecule has 0 spiro atoms. The Morgan fingerprint density at radius 2 is 1.75 bits per heavy atom. The van der Waals surface area contributed by atoms with Crippen molar-refractivity contribution in [3.63, 3.8) is 0 Å². The first-order chi connectivity index (χ1) is 9.63. The quantitative estimate of drug-likeness (QED) is 0.683. The smallest absolute Gasteiger partial charge is 0.0671 e. The SMILES string of the molecule is CCCNCc1ccc(-c2cccc(Cl)c2Cl)c(Cl)c1. The van der Waals surface area contributed by atoms with Gasteiger partial charge in [-0.05, 0) is 30.7 Å². The zero-order valence-electron chi connectivity index (χ0n) is 11.2. The molecule has 0 amide bonds. The Bertz CT molecular complexity index is 596. The van der Waals surface area contributed by atoms with Crippen molar-refractivity contribution in [2.24, 2.45) is 0 Å². The molecule has 2 aromatic carbocycles. The zero-order chi connectivity index (χ0) is 14.5. The lowest BCUT2D eigenvalue weighted by molar-refractivity contribution is 0.675. The standard InChI is InChI=1S/C16H16Cl3N/c1-2-8-20-10-11-6-7-12(15(18)9-11)13-4-3-5-14(17)16(13)19/h3-7,9,20H,2,8,10H2,1H3. The van der Waals surface area contributed by atoms with Gasteiger partial charge in [-0.1, -0.05) is 66.0 Å². The maximum atomic E-state index is 6.37. The summed E-state index contributed by atoms with van der Waals surface area (Å²) >= 11 is 18.7. The molecule has 106 valence electrons. The van der Waals surface area contributed by atoms with Gasteiger partial charge in [-0.25, -0.2) is 0 Å². The van der Waals surface area contributed by atoms with E-state index >= 15 is 0 Å². The Kier molecular flexibility index (Phi) is 5.74. The lowest BCUT2D eigenvalue weighted by Crippen LogP contribution is -2.13. The number of nitrogens with one attached hydrogen (secondary N) is 1. The molecule has 0 atom stereocenters. The van der Waals surface area contributed by atoms with E-state index in [4.69, 9.17) is 34.8 Å². The predicted octanol–water partition coefficient (Wildman–Crippen LogP) is 5.81. The molecular formula is C16H16Cl3N. The Hall–Kier alpha value is -0.730. The molecule has 1 nitrogen and oxygen atoms in total. The minimum absolute atomic E-state index is 0.535. The molecule has 0 aliphatic rings. The Morgan fingerprint density at radius 3 is 2.45 bits per heavy atom. The summed E-state index contributed by atoms with van der Waals surface area (Å²) in [5.74, 6) is 0. The maximum Gasteiger partial charge on any atom is 0.0671 e. The maximum absolute atomic E-state index is 6.37. The van der Waals surface area contributed by atoms with E-state index in [2.05, 4.69) is 18.3 Å². The van der Waals surface area contributed by atoms with Gasteiger partial charge in [0.1, 0.15) is 0 Å². The van der Waals surface area contributed by atoms with Crippen molar-refractivity contribution < 1.29 is 0 Å². The minimum Gasteiger partial charge on any atom is -0.313 e. The highest BCUT2D eigenvalue weighted by atomic mass is 35.5. The minimum atomic E-state index is 0.535. The molecule has 0 fully saturated rings. The van der Waals surface area contributed by atoms with Gasteiger partial charge in [-0.2, -0.15) is 0 Å². The van der Waals surface area contributed by atoms with Crippen LogP contribution in [0, 0.1) is 0 Å². The largest absolute Gasteiger partial charge is 0.313 e. The second-order valence-electron chi connectivity index (χ2n) is 4.59. The highest BCUT2D eigenvalue weighted by molar-refractivity contribution is 6.44. The average Bonchev–Trinajstić information content (AvgIpc) is 2.43. The van der Waals surface area contributed by atoms with Gasteiger partial charge in [0.05, 0.1) is 10.0 Å². The third-order valence-electron chi connectivity index (χ3n) is 3.03. The van der Waals surface area contributed by atoms with Crippen molar-refractivity contribution in [1.29, 1.82) is 0 Å². The first-order valence-electron chi connectivity index (χ1n) is 6.57. The second-order valence-corrected chi connectivity index (χ2v) is 5.78. The highest BCUT2D eigenvalue weighted by Gasteiger charge is 2.10. The van der Waals surface area contributed by atoms with E-state index in [0.717, 1.165) is 36.2 Å². The molecule has 0 aliphatic heterocycles. The molecule has 0 aromatic heterocycles. The summed E-state index contributed by atoms with van der Waals surface area (Å²) < 4.78 is 0. The second kappa shape index (κ2) is 7.33. The Morgan fingerprint density at radius 1 is 0.950 bits per heavy atom. The van der Waals surface area contributed by atoms with Crippen LogP contribution in [-0.4, -0.2) is 6.54 Å². The number of halogens is 3. The molecule has 0 aliphatic carbocycles. The van der Waals surface area contributed by atoms with E-state index in [1.807, 2.05) is 24.3 Å². The number of hydrogen-bond donors (Lipinski definition) is 1. The van der Waals surface area contributed by atoms with Crippen molar-refractivity contribution in [3.8, 4) is 11.1 Å². The van der Waals surface area contributed by atoms with Crippen LogP contribution in [0.3, 0.4) is 0 Å². The van der Waals surface area contributed by atoms with Crippen LogP contribution in [0.25, 0.3) is 11.1 Å². The van der Waals surface area contributed by atoms with Gasteiger partial charge in [-0.3, -0.25) is 0 Å². The van der Waals surface area contributed by atoms with Crippen LogP contribution in [-0.2, 0) is 6.54 Å². The van der Waals surface area contributed by atoms with Crippen molar-refractivity contribution in [2.75, 3.05) is 6.54 Å². The fourth-order valence-corrected chi connectivity index (χ4v) is 2.72. The van der Waals surface area contributed by atoms with Crippen molar-refractivity contribution in [3.05, 3.63) is 57.0 Å². The summed E-state index contributed by atoms with van der Waals surface area (Å²) in [5.41, 5.74) is 2.92. The number of hydrogen-bond acceptors (Lipinski definition) is 1. The van der Waals surface area contributed by atoms with Gasteiger partial charge in [0.2, 0.25) is 0 Å². The van der Waals surface area contributed by atoms with Gasteiger partial charge in [0.15, 0.2) is 0 Å². The third kappa shape index (κ3) is 3.67. The Labute approximate surface area is 134 Å². The van der Waals surface area contributed by atoms with E-state index in [9.17, 15) is 0 Å². The van der Waals surface area contributed by atoms with Gasteiger partial charge in [0, 0.05) is 22.7 Å². The summed E-state index contributed by atoms with van der Waals surface area (Å²) in [5, 5.41) is 5.11. The number of benzene rings is 2. The summed E-state index contributed by atoms with van der Waals surface area (Å²) in [6, 6.07) is 11.6. The van der Waals surface area contributed by atoms with Crippen LogP contribution in [0.15, 0.2) is 36.4 Å². The number of rotatable bonds is 5. The lowest BCUT2D eigenvalue weighted by atomic mass is 10.0. The average molecular weight is 329 g/mol. The Balaban J connectivity index is 2.27. The molecule has 0 bridgehead atoms. The molecule has 20 heavy (non-hydrogen) atoms. The molecule has 0 radical (unpaired) electrons. The highest BCUT2D eigenvalue weighted by Crippen LogP contribution is 2.37. The normalized spacial score (nSPS) is 10.8. The van der Waals surface area contributed by atoms with Crippen LogP contribution in [0.2, 0.25) is 15.1 Å². The fourth-order valence-electron chi connectivity index (χ4n) is 2.01. The van der Waals surface area contributed by atoms with Crippen molar-refractivity contribution in [1.82, 2.24) is 5.32 Å². The fraction of sp³-hybridized carbons (Fsp3) is 0.250. The topological polar surface area (TPSA) is 12.0 Å². The van der Waals surface area contributed by atoms with E-state index in [1.54, 1.807) is 6.07 Å². The first-order valence-corrected chi connectivity index (χ1v) is 7.70. The summed E-state index contributed by atoms with van der Waals surface area (Å²) in [4.78, 5) is 0. The summed E-state index contributed by atoms with van der Waals surface area (Å²) in [6.07, 6.45) is 1.12. The molecular weight excluding hydrogens is 313 g/mol. The molecule has 1 N–H and O–H groups in total. The third-order valence-corrected chi connectivity index (χ3v) is 4.16. The van der Waals surface area contributed by atoms with Crippen LogP contribution in [0.1, 0.15) is 18.9 Å². The van der Waals surface area contributed by atoms with Crippen molar-refractivity contribution >= 4 is 34.8 Å². The van der Waals surface area contributed by atoms with Crippen LogP contribution >= 0.6 is 34.8 Å². The van der Waals surface area contributed by atoms with E-state index < -0.39 is 0 Å². The molecule has 2 aromatic rings. The predicted molar refractivity (Wildman–Crippen MR) is 88.9 cm³/mol. The first kappa shape index (κ1) is 15.7. The van der Waals surface area contributed by atoms with Crippen molar-refractivity contribution in [2.45, 2.75) is 19.9 Å². The molecule has 4 heteroatoms. The summed E-state index contributed by atoms with van der Waals surface area (Å²) in [6.45, 7) is 3.96. The molecule has 0 unspecified atom stereocenters. The van der Waals surface area contributed by atoms with Crippen LogP contribution in [0.5, 0.6) is 0 Å². The van der Waals surface area contributed by atoms with Gasteiger partial charge in [0.25, 0.3) is 0 Å². The van der Waals surface area contributed by atoms with E-state index in [1.165, 1.54) is 0 Å². The van der Waals surface area contributed by atoms with Crippen LogP contribution in [0.4, 0.5) is 0 Å². The van der Waals surface area contributed by atoms with Gasteiger partial charge >= 0.3 is 0 Å². The van der Waals surface area contributed by atoms with Gasteiger partial charge in [-0.15, -0.1) is 0 Å². The van der Waals surface area contributed by atoms with E-state index in [-0.39, 0.29) is 0 Å². The van der Waals surface area contributed by atoms with Gasteiger partial charge < -0.3 is 5.32 Å². The zero-order valence-corrected chi connectivity index (χ0v) is 13.5. The van der Waals surface area contributed by atoms with E-state index in [0.29, 0.717) is 15.1 Å². The molecule has 0 saturated carbocycles.